The van der Waals surface area contributed by atoms with Crippen molar-refractivity contribution in [1.82, 2.24) is 5.43 Å². The Bertz CT molecular complexity index is 470. The molecule has 1 aliphatic rings. The Morgan fingerprint density at radius 1 is 1.28 bits per heavy atom. The van der Waals surface area contributed by atoms with Crippen LogP contribution < -0.4 is 10.9 Å². The molecule has 94 valence electrons. The van der Waals surface area contributed by atoms with Crippen LogP contribution in [0.5, 0.6) is 0 Å². The van der Waals surface area contributed by atoms with Gasteiger partial charge >= 0.3 is 0 Å². The van der Waals surface area contributed by atoms with Gasteiger partial charge in [-0.2, -0.15) is 5.26 Å². The number of nitrogens with zero attached hydrogens (tertiary/aromatic N) is 1. The van der Waals surface area contributed by atoms with Crippen molar-refractivity contribution in [3.63, 3.8) is 0 Å². The Morgan fingerprint density at radius 2 is 1.89 bits per heavy atom. The summed E-state index contributed by atoms with van der Waals surface area (Å²) in [7, 11) is 0. The highest BCUT2D eigenvalue weighted by molar-refractivity contribution is 5.86. The van der Waals surface area contributed by atoms with Crippen LogP contribution in [0.3, 0.4) is 0 Å². The molecule has 0 bridgehead atoms. The number of rotatable bonds is 3. The van der Waals surface area contributed by atoms with Gasteiger partial charge < -0.3 is 5.11 Å². The maximum Gasteiger partial charge on any atom is 0.270 e. The molecule has 1 amide bonds. The van der Waals surface area contributed by atoms with E-state index in [4.69, 9.17) is 5.26 Å². The van der Waals surface area contributed by atoms with Crippen molar-refractivity contribution in [1.29, 1.82) is 5.26 Å². The summed E-state index contributed by atoms with van der Waals surface area (Å²) in [4.78, 5) is 11.8. The molecule has 5 heteroatoms. The Kier molecular flexibility index (Phi) is 3.49. The van der Waals surface area contributed by atoms with Gasteiger partial charge in [-0.3, -0.25) is 15.6 Å². The summed E-state index contributed by atoms with van der Waals surface area (Å²) < 4.78 is 0. The smallest absolute Gasteiger partial charge is 0.270 e. The number of carbonyl (C=O) groups is 1. The van der Waals surface area contributed by atoms with Gasteiger partial charge in [0.1, 0.15) is 5.60 Å². The normalized spacial score (nSPS) is 16.9. The maximum absolute atomic E-state index is 11.8. The van der Waals surface area contributed by atoms with Crippen molar-refractivity contribution < 1.29 is 9.90 Å². The van der Waals surface area contributed by atoms with Crippen molar-refractivity contribution in [3.05, 3.63) is 29.8 Å². The summed E-state index contributed by atoms with van der Waals surface area (Å²) in [5.41, 5.74) is 5.22. The molecule has 1 aromatic rings. The van der Waals surface area contributed by atoms with E-state index in [-0.39, 0.29) is 0 Å². The number of aliphatic hydroxyl groups is 1. The molecule has 0 atom stereocenters. The summed E-state index contributed by atoms with van der Waals surface area (Å²) in [6, 6.07) is 8.70. The molecule has 18 heavy (non-hydrogen) atoms. The average molecular weight is 245 g/mol. The van der Waals surface area contributed by atoms with Crippen LogP contribution in [0.4, 0.5) is 5.69 Å². The van der Waals surface area contributed by atoms with Gasteiger partial charge in [0.25, 0.3) is 5.91 Å². The van der Waals surface area contributed by atoms with E-state index in [1.165, 1.54) is 0 Å². The number of nitrogens with one attached hydrogen (secondary N) is 2. The molecule has 0 heterocycles. The lowest BCUT2D eigenvalue weighted by Crippen LogP contribution is -2.46. The van der Waals surface area contributed by atoms with E-state index in [1.54, 1.807) is 24.3 Å². The summed E-state index contributed by atoms with van der Waals surface area (Å²) in [5, 5.41) is 18.7. The number of hydrogen-bond donors (Lipinski definition) is 3. The fourth-order valence-electron chi connectivity index (χ4n) is 2.06. The first kappa shape index (κ1) is 12.4. The molecule has 1 fully saturated rings. The Morgan fingerprint density at radius 3 is 2.44 bits per heavy atom. The lowest BCUT2D eigenvalue weighted by molar-refractivity contribution is -0.138. The second-order valence-electron chi connectivity index (χ2n) is 4.51. The lowest BCUT2D eigenvalue weighted by Gasteiger charge is -2.21. The zero-order valence-corrected chi connectivity index (χ0v) is 9.94. The SMILES string of the molecule is N#Cc1ccc(NNC(=O)C2(O)CCCC2)cc1. The van der Waals surface area contributed by atoms with Gasteiger partial charge in [-0.1, -0.05) is 0 Å². The highest BCUT2D eigenvalue weighted by Crippen LogP contribution is 2.29. The first-order chi connectivity index (χ1) is 8.64. The average Bonchev–Trinajstić information content (AvgIpc) is 2.85. The molecule has 0 unspecified atom stereocenters. The van der Waals surface area contributed by atoms with Crippen LogP contribution >= 0.6 is 0 Å². The van der Waals surface area contributed by atoms with Gasteiger partial charge in [0, 0.05) is 0 Å². The van der Waals surface area contributed by atoms with Gasteiger partial charge in [0.2, 0.25) is 0 Å². The molecular formula is C13H15N3O2. The highest BCUT2D eigenvalue weighted by Gasteiger charge is 2.38. The van der Waals surface area contributed by atoms with Gasteiger partial charge in [0.05, 0.1) is 17.3 Å². The Hall–Kier alpha value is -2.06. The molecule has 3 N–H and O–H groups in total. The predicted octanol–water partition coefficient (Wildman–Crippen LogP) is 1.31. The van der Waals surface area contributed by atoms with E-state index >= 15 is 0 Å². The van der Waals surface area contributed by atoms with E-state index in [0.717, 1.165) is 12.8 Å². The number of hydrogen-bond acceptors (Lipinski definition) is 4. The number of amides is 1. The summed E-state index contributed by atoms with van der Waals surface area (Å²) in [5.74, 6) is -0.399. The number of benzene rings is 1. The van der Waals surface area contributed by atoms with E-state index in [9.17, 15) is 9.90 Å². The van der Waals surface area contributed by atoms with Crippen LogP contribution in [-0.4, -0.2) is 16.6 Å². The third-order valence-electron chi connectivity index (χ3n) is 3.19. The standard InChI is InChI=1S/C13H15N3O2/c14-9-10-3-5-11(6-4-10)15-16-12(17)13(18)7-1-2-8-13/h3-6,15,18H,1-2,7-8H2,(H,16,17). The summed E-state index contributed by atoms with van der Waals surface area (Å²) >= 11 is 0. The van der Waals surface area contributed by atoms with Gasteiger partial charge in [-0.25, -0.2) is 0 Å². The minimum Gasteiger partial charge on any atom is -0.380 e. The van der Waals surface area contributed by atoms with Crippen molar-refractivity contribution >= 4 is 11.6 Å². The molecule has 1 aromatic carbocycles. The Labute approximate surface area is 105 Å². The van der Waals surface area contributed by atoms with E-state index in [1.807, 2.05) is 6.07 Å². The quantitative estimate of drug-likeness (QED) is 0.701. The molecule has 2 rings (SSSR count). The Balaban J connectivity index is 1.91. The molecule has 0 radical (unpaired) electrons. The lowest BCUT2D eigenvalue weighted by atomic mass is 10.0. The fraction of sp³-hybridized carbons (Fsp3) is 0.385. The summed E-state index contributed by atoms with van der Waals surface area (Å²) in [6.45, 7) is 0. The van der Waals surface area contributed by atoms with E-state index < -0.39 is 11.5 Å². The largest absolute Gasteiger partial charge is 0.380 e. The molecule has 5 nitrogen and oxygen atoms in total. The number of anilines is 1. The third-order valence-corrected chi connectivity index (χ3v) is 3.19. The highest BCUT2D eigenvalue weighted by atomic mass is 16.3. The second-order valence-corrected chi connectivity index (χ2v) is 4.51. The molecule has 1 saturated carbocycles. The molecular weight excluding hydrogens is 230 g/mol. The number of carbonyl (C=O) groups excluding carboxylic acids is 1. The predicted molar refractivity (Wildman–Crippen MR) is 66.3 cm³/mol. The van der Waals surface area contributed by atoms with Gasteiger partial charge in [0.15, 0.2) is 0 Å². The number of nitriles is 1. The first-order valence-electron chi connectivity index (χ1n) is 5.93. The number of hydrazine groups is 1. The van der Waals surface area contributed by atoms with Crippen LogP contribution in [-0.2, 0) is 4.79 Å². The van der Waals surface area contributed by atoms with Crippen LogP contribution in [0.1, 0.15) is 31.2 Å². The van der Waals surface area contributed by atoms with Crippen molar-refractivity contribution in [2.45, 2.75) is 31.3 Å². The maximum atomic E-state index is 11.8. The third kappa shape index (κ3) is 2.60. The van der Waals surface area contributed by atoms with E-state index in [2.05, 4.69) is 10.9 Å². The molecule has 0 spiro atoms. The van der Waals surface area contributed by atoms with Crippen molar-refractivity contribution in [2.75, 3.05) is 5.43 Å². The topological polar surface area (TPSA) is 85.2 Å². The molecule has 0 saturated heterocycles. The van der Waals surface area contributed by atoms with E-state index in [0.29, 0.717) is 24.1 Å². The monoisotopic (exact) mass is 245 g/mol. The molecule has 0 aliphatic heterocycles. The zero-order valence-electron chi connectivity index (χ0n) is 9.94. The molecule has 1 aliphatic carbocycles. The van der Waals surface area contributed by atoms with Crippen molar-refractivity contribution in [2.24, 2.45) is 0 Å². The van der Waals surface area contributed by atoms with Crippen LogP contribution in [0.25, 0.3) is 0 Å². The zero-order chi connectivity index (χ0) is 13.0. The fourth-order valence-corrected chi connectivity index (χ4v) is 2.06. The second kappa shape index (κ2) is 5.07. The minimum absolute atomic E-state index is 0.399. The molecule has 0 aromatic heterocycles. The van der Waals surface area contributed by atoms with Crippen LogP contribution in [0.15, 0.2) is 24.3 Å². The first-order valence-corrected chi connectivity index (χ1v) is 5.93. The van der Waals surface area contributed by atoms with Crippen LogP contribution in [0, 0.1) is 11.3 Å². The minimum atomic E-state index is -1.24. The van der Waals surface area contributed by atoms with Gasteiger partial charge in [-0.05, 0) is 49.9 Å². The summed E-state index contributed by atoms with van der Waals surface area (Å²) in [6.07, 6.45) is 2.77. The van der Waals surface area contributed by atoms with Crippen LogP contribution in [0.2, 0.25) is 0 Å². The van der Waals surface area contributed by atoms with Crippen molar-refractivity contribution in [3.8, 4) is 6.07 Å². The van der Waals surface area contributed by atoms with Gasteiger partial charge in [-0.15, -0.1) is 0 Å².